The fraction of sp³-hybridized carbons (Fsp3) is 0.818. The Bertz CT molecular complexity index is 578. The Morgan fingerprint density at radius 1 is 1.21 bits per heavy atom. The van der Waals surface area contributed by atoms with Gasteiger partial charge in [-0.25, -0.2) is 9.59 Å². The smallest absolute Gasteiger partial charge is 0.338 e. The summed E-state index contributed by atoms with van der Waals surface area (Å²) in [5.74, 6) is -1.25. The average Bonchev–Trinajstić information content (AvgIpc) is 3.09. The van der Waals surface area contributed by atoms with E-state index in [-0.39, 0.29) is 47.5 Å². The van der Waals surface area contributed by atoms with E-state index in [4.69, 9.17) is 10.5 Å². The highest BCUT2D eigenvalue weighted by Crippen LogP contribution is 2.31. The molecule has 1 aliphatic rings. The summed E-state index contributed by atoms with van der Waals surface area (Å²) < 4.78 is 4.67. The molecule has 4 atom stereocenters. The molecule has 1 rings (SSSR count). The van der Waals surface area contributed by atoms with Crippen molar-refractivity contribution >= 4 is 24.1 Å². The van der Waals surface area contributed by atoms with Crippen LogP contribution < -0.4 is 5.73 Å². The molecule has 1 saturated heterocycles. The molecule has 0 aromatic heterocycles. The third-order valence-corrected chi connectivity index (χ3v) is 6.09. The van der Waals surface area contributed by atoms with Crippen LogP contribution in [0, 0.1) is 11.8 Å². The van der Waals surface area contributed by atoms with Crippen LogP contribution in [0.2, 0.25) is 0 Å². The van der Waals surface area contributed by atoms with Gasteiger partial charge in [0.25, 0.3) is 0 Å². The van der Waals surface area contributed by atoms with Crippen molar-refractivity contribution in [3.63, 3.8) is 0 Å². The number of ketones is 1. The van der Waals surface area contributed by atoms with Crippen LogP contribution in [-0.2, 0) is 23.9 Å². The molecule has 0 saturated carbocycles. The minimum Gasteiger partial charge on any atom is -0.466 e. The number of hydrogen-bond donors (Lipinski definition) is 1. The molecule has 7 nitrogen and oxygen atoms in total. The third-order valence-electron chi connectivity index (χ3n) is 6.09. The number of likely N-dealkylation sites (tertiary alicyclic amines) is 1. The number of ether oxygens (including phenoxy) is 1. The number of quaternary nitrogens is 1. The van der Waals surface area contributed by atoms with Gasteiger partial charge in [-0.1, -0.05) is 40.0 Å². The first-order chi connectivity index (χ1) is 13.7. The van der Waals surface area contributed by atoms with Crippen molar-refractivity contribution in [1.29, 1.82) is 0 Å². The minimum atomic E-state index is -0.740. The van der Waals surface area contributed by atoms with Gasteiger partial charge in [0, 0.05) is 18.8 Å². The van der Waals surface area contributed by atoms with Crippen molar-refractivity contribution in [3.8, 4) is 0 Å². The van der Waals surface area contributed by atoms with Gasteiger partial charge >= 0.3 is 18.3 Å². The molecular formula is C22H39N2O5+. The SMILES string of the molecule is CCCCCC(CC(=O)OCC)C(=O)CC1CCC[N+]1(C=O)C(=O)[C@@H](N)C(C)C. The molecule has 3 unspecified atom stereocenters. The van der Waals surface area contributed by atoms with Crippen LogP contribution >= 0.6 is 0 Å². The van der Waals surface area contributed by atoms with Crippen LogP contribution in [0.5, 0.6) is 0 Å². The number of carbonyl (C=O) groups is 4. The Kier molecular flexibility index (Phi) is 10.7. The predicted molar refractivity (Wildman–Crippen MR) is 111 cm³/mol. The molecule has 1 aliphatic heterocycles. The van der Waals surface area contributed by atoms with Gasteiger partial charge in [0.15, 0.2) is 0 Å². The molecule has 0 bridgehead atoms. The quantitative estimate of drug-likeness (QED) is 0.216. The highest BCUT2D eigenvalue weighted by atomic mass is 16.5. The van der Waals surface area contributed by atoms with Gasteiger partial charge in [0.2, 0.25) is 0 Å². The molecular weight excluding hydrogens is 372 g/mol. The lowest BCUT2D eigenvalue weighted by atomic mass is 9.89. The number of nitrogens with zero attached hydrogens (tertiary/aromatic N) is 1. The van der Waals surface area contributed by atoms with E-state index < -0.39 is 18.0 Å². The second-order valence-electron chi connectivity index (χ2n) is 8.54. The third kappa shape index (κ3) is 6.71. The molecule has 29 heavy (non-hydrogen) atoms. The zero-order chi connectivity index (χ0) is 22.0. The van der Waals surface area contributed by atoms with E-state index in [0.717, 1.165) is 19.3 Å². The molecule has 2 N–H and O–H groups in total. The topological polar surface area (TPSA) is 104 Å². The zero-order valence-electron chi connectivity index (χ0n) is 18.5. The van der Waals surface area contributed by atoms with Crippen molar-refractivity contribution < 1.29 is 28.4 Å². The maximum absolute atomic E-state index is 13.1. The molecule has 166 valence electrons. The molecule has 0 spiro atoms. The number of hydrogen-bond acceptors (Lipinski definition) is 6. The average molecular weight is 412 g/mol. The standard InChI is InChI=1S/C22H39N2O5/c1-5-7-8-10-17(13-20(27)29-6-2)19(26)14-18-11-9-12-24(18,15-25)22(28)21(23)16(3)4/h15-18,21H,5-14,23H2,1-4H3/q+1/t17?,18?,21-,24?/m0/s1. The summed E-state index contributed by atoms with van der Waals surface area (Å²) >= 11 is 0. The maximum atomic E-state index is 13.1. The summed E-state index contributed by atoms with van der Waals surface area (Å²) in [7, 11) is 0. The van der Waals surface area contributed by atoms with Crippen molar-refractivity contribution in [2.24, 2.45) is 17.6 Å². The van der Waals surface area contributed by atoms with Gasteiger partial charge < -0.3 is 10.5 Å². The maximum Gasteiger partial charge on any atom is 0.338 e. The van der Waals surface area contributed by atoms with Crippen molar-refractivity contribution in [2.45, 2.75) is 91.1 Å². The zero-order valence-corrected chi connectivity index (χ0v) is 18.5. The Balaban J connectivity index is 2.95. The first kappa shape index (κ1) is 25.4. The fourth-order valence-corrected chi connectivity index (χ4v) is 4.15. The van der Waals surface area contributed by atoms with Gasteiger partial charge in [-0.05, 0) is 19.3 Å². The number of imide groups is 1. The second kappa shape index (κ2) is 12.2. The minimum absolute atomic E-state index is 0.0590. The van der Waals surface area contributed by atoms with E-state index in [9.17, 15) is 19.2 Å². The summed E-state index contributed by atoms with van der Waals surface area (Å²) in [6.45, 7) is 8.19. The molecule has 2 amide bonds. The van der Waals surface area contributed by atoms with E-state index in [1.165, 1.54) is 0 Å². The lowest BCUT2D eigenvalue weighted by Gasteiger charge is -2.34. The van der Waals surface area contributed by atoms with Gasteiger partial charge in [-0.15, -0.1) is 0 Å². The summed E-state index contributed by atoms with van der Waals surface area (Å²) in [6.07, 6.45) is 5.68. The number of nitrogens with two attached hydrogens (primary N) is 1. The van der Waals surface area contributed by atoms with E-state index in [1.54, 1.807) is 6.92 Å². The van der Waals surface area contributed by atoms with E-state index in [1.807, 2.05) is 13.8 Å². The Morgan fingerprint density at radius 2 is 1.90 bits per heavy atom. The highest BCUT2D eigenvalue weighted by Gasteiger charge is 2.51. The van der Waals surface area contributed by atoms with Crippen LogP contribution in [0.3, 0.4) is 0 Å². The first-order valence-electron chi connectivity index (χ1n) is 11.1. The number of unbranched alkanes of at least 4 members (excludes halogenated alkanes) is 2. The van der Waals surface area contributed by atoms with Crippen LogP contribution in [-0.4, -0.2) is 53.8 Å². The largest absolute Gasteiger partial charge is 0.466 e. The van der Waals surface area contributed by atoms with Crippen LogP contribution in [0.4, 0.5) is 0 Å². The molecule has 0 radical (unpaired) electrons. The monoisotopic (exact) mass is 411 g/mol. The molecule has 0 aromatic carbocycles. The molecule has 1 heterocycles. The first-order valence-corrected chi connectivity index (χ1v) is 11.1. The number of esters is 1. The Labute approximate surface area is 174 Å². The van der Waals surface area contributed by atoms with Crippen LogP contribution in [0.25, 0.3) is 0 Å². The lowest BCUT2D eigenvalue weighted by Crippen LogP contribution is -2.62. The van der Waals surface area contributed by atoms with E-state index >= 15 is 0 Å². The summed E-state index contributed by atoms with van der Waals surface area (Å²) in [5, 5.41) is 0. The van der Waals surface area contributed by atoms with Gasteiger partial charge in [-0.2, -0.15) is 4.48 Å². The Hall–Kier alpha value is -1.60. The van der Waals surface area contributed by atoms with Gasteiger partial charge in [-0.3, -0.25) is 9.59 Å². The summed E-state index contributed by atoms with van der Waals surface area (Å²) in [6, 6.07) is -1.14. The molecule has 1 fully saturated rings. The number of Topliss-reactive ketones (excluding diaryl/α,β-unsaturated/α-hetero) is 1. The number of carbonyl (C=O) groups excluding carboxylic acids is 4. The van der Waals surface area contributed by atoms with E-state index in [0.29, 0.717) is 32.2 Å². The predicted octanol–water partition coefficient (Wildman–Crippen LogP) is 2.74. The molecule has 7 heteroatoms. The van der Waals surface area contributed by atoms with Crippen molar-refractivity contribution in [2.75, 3.05) is 13.2 Å². The summed E-state index contributed by atoms with van der Waals surface area (Å²) in [5.41, 5.74) is 6.06. The van der Waals surface area contributed by atoms with Crippen molar-refractivity contribution in [3.05, 3.63) is 0 Å². The lowest BCUT2D eigenvalue weighted by molar-refractivity contribution is -0.782. The van der Waals surface area contributed by atoms with Gasteiger partial charge in [0.1, 0.15) is 17.9 Å². The normalized spacial score (nSPS) is 23.6. The second-order valence-corrected chi connectivity index (χ2v) is 8.54. The van der Waals surface area contributed by atoms with Gasteiger partial charge in [0.05, 0.1) is 26.0 Å². The van der Waals surface area contributed by atoms with Crippen molar-refractivity contribution in [1.82, 2.24) is 0 Å². The number of amides is 2. The fourth-order valence-electron chi connectivity index (χ4n) is 4.15. The molecule has 0 aromatic rings. The van der Waals surface area contributed by atoms with Crippen LogP contribution in [0.1, 0.15) is 79.1 Å². The van der Waals surface area contributed by atoms with Crippen LogP contribution in [0.15, 0.2) is 0 Å². The Morgan fingerprint density at radius 3 is 2.45 bits per heavy atom. The highest BCUT2D eigenvalue weighted by molar-refractivity contribution is 5.87. The number of rotatable bonds is 13. The summed E-state index contributed by atoms with van der Waals surface area (Å²) in [4.78, 5) is 50.1. The van der Waals surface area contributed by atoms with E-state index in [2.05, 4.69) is 6.92 Å². The molecule has 0 aliphatic carbocycles.